The summed E-state index contributed by atoms with van der Waals surface area (Å²) >= 11 is 0. The number of anilines is 4. The fraction of sp³-hybridized carbons (Fsp3) is 0.190. The van der Waals surface area contributed by atoms with Crippen molar-refractivity contribution in [1.82, 2.24) is 15.3 Å². The number of carbonyl (C=O) groups excluding carboxylic acids is 1. The van der Waals surface area contributed by atoms with E-state index in [1.807, 2.05) is 12.1 Å². The Hall–Kier alpha value is -3.79. The number of methoxy groups -OCH3 is 1. The van der Waals surface area contributed by atoms with Gasteiger partial charge in [-0.3, -0.25) is 4.79 Å². The lowest BCUT2D eigenvalue weighted by atomic mass is 10.00. The minimum Gasteiger partial charge on any atom is -0.495 e. The second-order valence-electron chi connectivity index (χ2n) is 6.91. The molecule has 5 N–H and O–H groups in total. The summed E-state index contributed by atoms with van der Waals surface area (Å²) in [6, 6.07) is 7.28. The highest BCUT2D eigenvalue weighted by atomic mass is 19.1. The normalized spacial score (nSPS) is 12.7. The zero-order chi connectivity index (χ0) is 22.0. The van der Waals surface area contributed by atoms with Crippen LogP contribution in [-0.4, -0.2) is 29.5 Å². The first kappa shape index (κ1) is 20.5. The third-order valence-corrected chi connectivity index (χ3v) is 4.92. The first-order valence-electron chi connectivity index (χ1n) is 9.51. The van der Waals surface area contributed by atoms with Crippen LogP contribution in [0.15, 0.2) is 36.5 Å². The molecule has 0 radical (unpaired) electrons. The van der Waals surface area contributed by atoms with Gasteiger partial charge >= 0.3 is 0 Å². The SMILES string of the molecule is COc1cc2c(cc1Nc1ncc(C(N)=O)c(Nc3c(F)cccc3F)n1)CNCC2. The number of hydrogen-bond donors (Lipinski definition) is 4. The molecule has 31 heavy (non-hydrogen) atoms. The van der Waals surface area contributed by atoms with Gasteiger partial charge in [-0.15, -0.1) is 0 Å². The van der Waals surface area contributed by atoms with Crippen molar-refractivity contribution >= 4 is 29.0 Å². The van der Waals surface area contributed by atoms with Gasteiger partial charge in [0.2, 0.25) is 5.95 Å². The Balaban J connectivity index is 1.70. The van der Waals surface area contributed by atoms with E-state index in [1.165, 1.54) is 17.8 Å². The highest BCUT2D eigenvalue weighted by Crippen LogP contribution is 2.32. The molecule has 10 heteroatoms. The molecule has 160 valence electrons. The fourth-order valence-corrected chi connectivity index (χ4v) is 3.35. The Bertz CT molecular complexity index is 1130. The third kappa shape index (κ3) is 4.24. The molecule has 0 spiro atoms. The lowest BCUT2D eigenvalue weighted by Crippen LogP contribution is -2.23. The van der Waals surface area contributed by atoms with Gasteiger partial charge in [0.1, 0.15) is 34.5 Å². The number of amides is 1. The summed E-state index contributed by atoms with van der Waals surface area (Å²) < 4.78 is 33.6. The van der Waals surface area contributed by atoms with Crippen molar-refractivity contribution in [1.29, 1.82) is 0 Å². The van der Waals surface area contributed by atoms with Gasteiger partial charge < -0.3 is 26.4 Å². The van der Waals surface area contributed by atoms with Gasteiger partial charge in [-0.2, -0.15) is 4.98 Å². The van der Waals surface area contributed by atoms with Gasteiger partial charge in [-0.05, 0) is 48.4 Å². The molecule has 3 aromatic rings. The average Bonchev–Trinajstić information content (AvgIpc) is 2.76. The number of nitrogens with two attached hydrogens (primary N) is 1. The van der Waals surface area contributed by atoms with Gasteiger partial charge in [0.25, 0.3) is 5.91 Å². The van der Waals surface area contributed by atoms with Crippen molar-refractivity contribution in [3.8, 4) is 5.75 Å². The van der Waals surface area contributed by atoms with Crippen molar-refractivity contribution in [2.75, 3.05) is 24.3 Å². The molecule has 4 rings (SSSR count). The molecule has 0 bridgehead atoms. The average molecular weight is 426 g/mol. The van der Waals surface area contributed by atoms with Crippen molar-refractivity contribution in [3.63, 3.8) is 0 Å². The van der Waals surface area contributed by atoms with Gasteiger partial charge in [-0.25, -0.2) is 13.8 Å². The van der Waals surface area contributed by atoms with E-state index in [4.69, 9.17) is 10.5 Å². The lowest BCUT2D eigenvalue weighted by Gasteiger charge is -2.20. The smallest absolute Gasteiger partial charge is 0.254 e. The van der Waals surface area contributed by atoms with E-state index in [-0.39, 0.29) is 17.3 Å². The zero-order valence-electron chi connectivity index (χ0n) is 16.6. The summed E-state index contributed by atoms with van der Waals surface area (Å²) in [5.41, 5.74) is 7.71. The molecule has 8 nitrogen and oxygen atoms in total. The van der Waals surface area contributed by atoms with Crippen LogP contribution in [0.1, 0.15) is 21.5 Å². The molecule has 0 saturated carbocycles. The fourth-order valence-electron chi connectivity index (χ4n) is 3.35. The number of halogens is 2. The van der Waals surface area contributed by atoms with Crippen LogP contribution in [0, 0.1) is 11.6 Å². The van der Waals surface area contributed by atoms with Crippen LogP contribution in [0.2, 0.25) is 0 Å². The van der Waals surface area contributed by atoms with Crippen LogP contribution in [0.3, 0.4) is 0 Å². The number of nitrogens with one attached hydrogen (secondary N) is 3. The molecule has 2 aromatic carbocycles. The van der Waals surface area contributed by atoms with Crippen molar-refractivity contribution in [2.24, 2.45) is 5.73 Å². The largest absolute Gasteiger partial charge is 0.495 e. The molecule has 0 saturated heterocycles. The first-order chi connectivity index (χ1) is 15.0. The minimum absolute atomic E-state index is 0.0891. The Morgan fingerprint density at radius 3 is 2.68 bits per heavy atom. The maximum atomic E-state index is 14.1. The number of hydrogen-bond acceptors (Lipinski definition) is 7. The topological polar surface area (TPSA) is 114 Å². The number of ether oxygens (including phenoxy) is 1. The third-order valence-electron chi connectivity index (χ3n) is 4.92. The quantitative estimate of drug-likeness (QED) is 0.479. The number of benzene rings is 2. The van der Waals surface area contributed by atoms with Crippen LogP contribution in [-0.2, 0) is 13.0 Å². The molecule has 0 fully saturated rings. The molecular formula is C21H20F2N6O2. The standard InChI is InChI=1S/C21H20F2N6O2/c1-31-17-8-11-5-6-25-9-12(11)7-16(17)27-21-26-10-13(19(24)30)20(29-21)28-18-14(22)3-2-4-15(18)23/h2-4,7-8,10,25H,5-6,9H2,1H3,(H2,24,30)(H2,26,27,28,29). The molecule has 0 unspecified atom stereocenters. The molecule has 2 heterocycles. The summed E-state index contributed by atoms with van der Waals surface area (Å²) in [4.78, 5) is 20.1. The summed E-state index contributed by atoms with van der Waals surface area (Å²) in [5, 5.41) is 8.86. The van der Waals surface area contributed by atoms with Gasteiger partial charge in [0.05, 0.1) is 12.8 Å². The Kier molecular flexibility index (Phi) is 5.63. The van der Waals surface area contributed by atoms with Crippen LogP contribution in [0.5, 0.6) is 5.75 Å². The van der Waals surface area contributed by atoms with Gasteiger partial charge in [0.15, 0.2) is 0 Å². The Morgan fingerprint density at radius 1 is 1.19 bits per heavy atom. The molecule has 1 aromatic heterocycles. The summed E-state index contributed by atoms with van der Waals surface area (Å²) in [5.74, 6) is -1.97. The molecule has 1 aliphatic rings. The number of primary amides is 1. The highest BCUT2D eigenvalue weighted by molar-refractivity contribution is 5.98. The Morgan fingerprint density at radius 2 is 1.97 bits per heavy atom. The summed E-state index contributed by atoms with van der Waals surface area (Å²) in [6.45, 7) is 1.61. The van der Waals surface area contributed by atoms with Crippen molar-refractivity contribution in [3.05, 3.63) is 64.9 Å². The summed E-state index contributed by atoms with van der Waals surface area (Å²) in [6.07, 6.45) is 2.07. The van der Waals surface area contributed by atoms with Crippen LogP contribution < -0.4 is 26.4 Å². The predicted molar refractivity (Wildman–Crippen MR) is 112 cm³/mol. The number of nitrogens with zero attached hydrogens (tertiary/aromatic N) is 2. The summed E-state index contributed by atoms with van der Waals surface area (Å²) in [7, 11) is 1.55. The minimum atomic E-state index is -0.844. The molecule has 0 aliphatic carbocycles. The van der Waals surface area contributed by atoms with E-state index in [9.17, 15) is 13.6 Å². The second-order valence-corrected chi connectivity index (χ2v) is 6.91. The number of carbonyl (C=O) groups is 1. The predicted octanol–water partition coefficient (Wildman–Crippen LogP) is 3.00. The van der Waals surface area contributed by atoms with Crippen LogP contribution >= 0.6 is 0 Å². The van der Waals surface area contributed by atoms with Crippen LogP contribution in [0.4, 0.5) is 31.9 Å². The van der Waals surface area contributed by atoms with E-state index in [2.05, 4.69) is 25.9 Å². The first-order valence-corrected chi connectivity index (χ1v) is 9.51. The van der Waals surface area contributed by atoms with E-state index >= 15 is 0 Å². The van der Waals surface area contributed by atoms with Gasteiger partial charge in [-0.1, -0.05) is 6.07 Å². The molecule has 1 aliphatic heterocycles. The highest BCUT2D eigenvalue weighted by Gasteiger charge is 2.18. The van der Waals surface area contributed by atoms with Crippen molar-refractivity contribution < 1.29 is 18.3 Å². The molecular weight excluding hydrogens is 406 g/mol. The van der Waals surface area contributed by atoms with Crippen LogP contribution in [0.25, 0.3) is 0 Å². The number of aromatic nitrogens is 2. The van der Waals surface area contributed by atoms with E-state index in [0.29, 0.717) is 11.4 Å². The number of rotatable bonds is 6. The molecule has 1 amide bonds. The maximum Gasteiger partial charge on any atom is 0.254 e. The lowest BCUT2D eigenvalue weighted by molar-refractivity contribution is 0.100. The maximum absolute atomic E-state index is 14.1. The van der Waals surface area contributed by atoms with Gasteiger partial charge in [0, 0.05) is 12.7 Å². The number of para-hydroxylation sites is 1. The monoisotopic (exact) mass is 426 g/mol. The number of fused-ring (bicyclic) bond motifs is 1. The second kappa shape index (κ2) is 8.52. The van der Waals surface area contributed by atoms with E-state index in [0.717, 1.165) is 37.2 Å². The van der Waals surface area contributed by atoms with E-state index in [1.54, 1.807) is 7.11 Å². The van der Waals surface area contributed by atoms with Crippen molar-refractivity contribution in [2.45, 2.75) is 13.0 Å². The van der Waals surface area contributed by atoms with E-state index < -0.39 is 23.2 Å². The zero-order valence-corrected chi connectivity index (χ0v) is 16.6. The Labute approximate surface area is 176 Å². The molecule has 0 atom stereocenters.